The minimum Gasteiger partial charge on any atom is -0.481 e. The summed E-state index contributed by atoms with van der Waals surface area (Å²) in [5, 5.41) is 9.92. The SMILES string of the molecule is O=C(O)CCCc1c(-c2ccc(F)cc2)[nH]c2ccc(Br)cc12. The number of aromatic amines is 1. The fraction of sp³-hybridized carbons (Fsp3) is 0.167. The smallest absolute Gasteiger partial charge is 0.303 e. The molecule has 23 heavy (non-hydrogen) atoms. The molecule has 3 nitrogen and oxygen atoms in total. The second-order valence-electron chi connectivity index (χ2n) is 5.42. The van der Waals surface area contributed by atoms with Gasteiger partial charge in [0.1, 0.15) is 5.82 Å². The molecule has 0 saturated carbocycles. The third kappa shape index (κ3) is 3.45. The van der Waals surface area contributed by atoms with Crippen LogP contribution in [-0.4, -0.2) is 16.1 Å². The summed E-state index contributed by atoms with van der Waals surface area (Å²) in [6.45, 7) is 0. The Bertz CT molecular complexity index is 855. The molecule has 0 aliphatic rings. The molecule has 0 aliphatic carbocycles. The minimum atomic E-state index is -0.797. The van der Waals surface area contributed by atoms with Crippen molar-refractivity contribution >= 4 is 32.8 Å². The maximum atomic E-state index is 13.2. The molecule has 0 fully saturated rings. The van der Waals surface area contributed by atoms with Crippen molar-refractivity contribution in [3.05, 3.63) is 58.3 Å². The lowest BCUT2D eigenvalue weighted by Gasteiger charge is -2.05. The van der Waals surface area contributed by atoms with Gasteiger partial charge in [0.2, 0.25) is 0 Å². The molecule has 0 unspecified atom stereocenters. The van der Waals surface area contributed by atoms with Crippen LogP contribution in [0, 0.1) is 5.82 Å². The van der Waals surface area contributed by atoms with Gasteiger partial charge in [-0.1, -0.05) is 15.9 Å². The summed E-state index contributed by atoms with van der Waals surface area (Å²) in [5.74, 6) is -1.07. The minimum absolute atomic E-state index is 0.129. The molecular weight excluding hydrogens is 361 g/mol. The van der Waals surface area contributed by atoms with E-state index in [4.69, 9.17) is 5.11 Å². The zero-order valence-electron chi connectivity index (χ0n) is 12.3. The van der Waals surface area contributed by atoms with Crippen LogP contribution in [0.2, 0.25) is 0 Å². The first-order chi connectivity index (χ1) is 11.0. The number of nitrogens with one attached hydrogen (secondary N) is 1. The van der Waals surface area contributed by atoms with Crippen molar-refractivity contribution in [3.63, 3.8) is 0 Å². The molecule has 0 aliphatic heterocycles. The number of fused-ring (bicyclic) bond motifs is 1. The number of carbonyl (C=O) groups is 1. The Kier molecular flexibility index (Phi) is 4.48. The number of carboxylic acid groups (broad SMARTS) is 1. The van der Waals surface area contributed by atoms with E-state index >= 15 is 0 Å². The number of rotatable bonds is 5. The average Bonchev–Trinajstić information content (AvgIpc) is 2.86. The van der Waals surface area contributed by atoms with Gasteiger partial charge in [0.25, 0.3) is 0 Å². The number of hydrogen-bond donors (Lipinski definition) is 2. The summed E-state index contributed by atoms with van der Waals surface area (Å²) in [6, 6.07) is 12.3. The Balaban J connectivity index is 2.07. The molecule has 1 heterocycles. The van der Waals surface area contributed by atoms with Crippen LogP contribution >= 0.6 is 15.9 Å². The summed E-state index contributed by atoms with van der Waals surface area (Å²) < 4.78 is 14.1. The standard InChI is InChI=1S/C18H15BrFNO2/c19-12-6-9-16-15(10-12)14(2-1-3-17(22)23)18(21-16)11-4-7-13(20)8-5-11/h4-10,21H,1-3H2,(H,22,23). The topological polar surface area (TPSA) is 53.1 Å². The Hall–Kier alpha value is -2.14. The monoisotopic (exact) mass is 375 g/mol. The number of aromatic nitrogens is 1. The number of H-pyrrole nitrogens is 1. The van der Waals surface area contributed by atoms with Gasteiger partial charge in [-0.05, 0) is 66.4 Å². The highest BCUT2D eigenvalue weighted by atomic mass is 79.9. The fourth-order valence-electron chi connectivity index (χ4n) is 2.76. The first-order valence-electron chi connectivity index (χ1n) is 7.32. The molecule has 0 amide bonds. The average molecular weight is 376 g/mol. The van der Waals surface area contributed by atoms with Crippen molar-refractivity contribution in [1.82, 2.24) is 4.98 Å². The molecule has 0 saturated heterocycles. The molecule has 118 valence electrons. The summed E-state index contributed by atoms with van der Waals surface area (Å²) in [6.07, 6.45) is 1.34. The van der Waals surface area contributed by atoms with Crippen molar-refractivity contribution in [2.24, 2.45) is 0 Å². The fourth-order valence-corrected chi connectivity index (χ4v) is 3.12. The van der Waals surface area contributed by atoms with Crippen LogP contribution in [-0.2, 0) is 11.2 Å². The third-order valence-corrected chi connectivity index (χ3v) is 4.31. The van der Waals surface area contributed by atoms with Gasteiger partial charge in [-0.3, -0.25) is 4.79 Å². The van der Waals surface area contributed by atoms with Crippen molar-refractivity contribution in [3.8, 4) is 11.3 Å². The number of halogens is 2. The third-order valence-electron chi connectivity index (χ3n) is 3.82. The Morgan fingerprint density at radius 1 is 1.17 bits per heavy atom. The molecule has 5 heteroatoms. The van der Waals surface area contributed by atoms with Crippen LogP contribution in [0.5, 0.6) is 0 Å². The van der Waals surface area contributed by atoms with Crippen molar-refractivity contribution in [2.45, 2.75) is 19.3 Å². The van der Waals surface area contributed by atoms with Gasteiger partial charge in [0.15, 0.2) is 0 Å². The van der Waals surface area contributed by atoms with E-state index in [-0.39, 0.29) is 12.2 Å². The highest BCUT2D eigenvalue weighted by Gasteiger charge is 2.14. The lowest BCUT2D eigenvalue weighted by molar-refractivity contribution is -0.137. The van der Waals surface area contributed by atoms with Gasteiger partial charge < -0.3 is 10.1 Å². The molecule has 2 aromatic carbocycles. The number of hydrogen-bond acceptors (Lipinski definition) is 1. The van der Waals surface area contributed by atoms with Crippen molar-refractivity contribution < 1.29 is 14.3 Å². The highest BCUT2D eigenvalue weighted by Crippen LogP contribution is 2.33. The predicted molar refractivity (Wildman–Crippen MR) is 92.0 cm³/mol. The lowest BCUT2D eigenvalue weighted by Crippen LogP contribution is -1.96. The molecule has 0 radical (unpaired) electrons. The number of benzene rings is 2. The Morgan fingerprint density at radius 3 is 2.61 bits per heavy atom. The van der Waals surface area contributed by atoms with E-state index in [9.17, 15) is 9.18 Å². The van der Waals surface area contributed by atoms with Crippen molar-refractivity contribution in [2.75, 3.05) is 0 Å². The summed E-state index contributed by atoms with van der Waals surface area (Å²) >= 11 is 3.48. The van der Waals surface area contributed by atoms with E-state index in [0.717, 1.165) is 32.2 Å². The number of aliphatic carboxylic acids is 1. The maximum absolute atomic E-state index is 13.2. The quantitative estimate of drug-likeness (QED) is 0.648. The summed E-state index contributed by atoms with van der Waals surface area (Å²) in [5.41, 5.74) is 3.86. The van der Waals surface area contributed by atoms with Gasteiger partial charge >= 0.3 is 5.97 Å². The van der Waals surface area contributed by atoms with Gasteiger partial charge in [-0.15, -0.1) is 0 Å². The molecule has 3 aromatic rings. The van der Waals surface area contributed by atoms with Crippen LogP contribution in [0.1, 0.15) is 18.4 Å². The second-order valence-corrected chi connectivity index (χ2v) is 6.34. The van der Waals surface area contributed by atoms with Crippen LogP contribution < -0.4 is 0 Å². The maximum Gasteiger partial charge on any atom is 0.303 e. The highest BCUT2D eigenvalue weighted by molar-refractivity contribution is 9.10. The first kappa shape index (κ1) is 15.7. The van der Waals surface area contributed by atoms with E-state index < -0.39 is 5.97 Å². The second kappa shape index (κ2) is 6.54. The predicted octanol–water partition coefficient (Wildman–Crippen LogP) is 5.14. The van der Waals surface area contributed by atoms with Crippen LogP contribution in [0.4, 0.5) is 4.39 Å². The molecule has 0 bridgehead atoms. The van der Waals surface area contributed by atoms with Gasteiger partial charge in [0, 0.05) is 27.5 Å². The van der Waals surface area contributed by atoms with Gasteiger partial charge in [-0.2, -0.15) is 0 Å². The molecule has 1 aromatic heterocycles. The summed E-state index contributed by atoms with van der Waals surface area (Å²) in [4.78, 5) is 14.2. The zero-order valence-corrected chi connectivity index (χ0v) is 13.9. The van der Waals surface area contributed by atoms with E-state index in [1.54, 1.807) is 12.1 Å². The Labute approximate surface area is 141 Å². The van der Waals surface area contributed by atoms with Crippen LogP contribution in [0.25, 0.3) is 22.2 Å². The van der Waals surface area contributed by atoms with Gasteiger partial charge in [-0.25, -0.2) is 4.39 Å². The zero-order chi connectivity index (χ0) is 16.4. The van der Waals surface area contributed by atoms with Crippen molar-refractivity contribution in [1.29, 1.82) is 0 Å². The lowest BCUT2D eigenvalue weighted by atomic mass is 10.0. The first-order valence-corrected chi connectivity index (χ1v) is 8.12. The largest absolute Gasteiger partial charge is 0.481 e. The molecule has 2 N–H and O–H groups in total. The normalized spacial score (nSPS) is 11.0. The van der Waals surface area contributed by atoms with E-state index in [0.29, 0.717) is 12.8 Å². The number of aryl methyl sites for hydroxylation is 1. The van der Waals surface area contributed by atoms with E-state index in [1.165, 1.54) is 12.1 Å². The van der Waals surface area contributed by atoms with Crippen LogP contribution in [0.15, 0.2) is 46.9 Å². The van der Waals surface area contributed by atoms with E-state index in [2.05, 4.69) is 20.9 Å². The molecule has 0 atom stereocenters. The molecular formula is C18H15BrFNO2. The summed E-state index contributed by atoms with van der Waals surface area (Å²) in [7, 11) is 0. The molecule has 0 spiro atoms. The van der Waals surface area contributed by atoms with E-state index in [1.807, 2.05) is 18.2 Å². The van der Waals surface area contributed by atoms with Crippen LogP contribution in [0.3, 0.4) is 0 Å². The molecule has 3 rings (SSSR count). The number of carboxylic acids is 1. The van der Waals surface area contributed by atoms with Gasteiger partial charge in [0.05, 0.1) is 0 Å². The Morgan fingerprint density at radius 2 is 1.91 bits per heavy atom.